The van der Waals surface area contributed by atoms with Gasteiger partial charge in [-0.3, -0.25) is 4.79 Å². The molecule has 0 aromatic heterocycles. The van der Waals surface area contributed by atoms with Gasteiger partial charge in [0.15, 0.2) is 5.66 Å². The highest BCUT2D eigenvalue weighted by Gasteiger charge is 2.41. The number of piperidine rings is 1. The summed E-state index contributed by atoms with van der Waals surface area (Å²) in [4.78, 5) is 26.5. The molecule has 30 heavy (non-hydrogen) atoms. The van der Waals surface area contributed by atoms with Crippen molar-refractivity contribution < 1.29 is 14.3 Å². The van der Waals surface area contributed by atoms with Crippen molar-refractivity contribution >= 4 is 12.0 Å². The van der Waals surface area contributed by atoms with Gasteiger partial charge in [0.05, 0.1) is 0 Å². The zero-order valence-electron chi connectivity index (χ0n) is 18.7. The molecule has 1 N–H and O–H groups in total. The van der Waals surface area contributed by atoms with Gasteiger partial charge < -0.3 is 15.0 Å². The topological polar surface area (TPSA) is 83.4 Å². The second-order valence-corrected chi connectivity index (χ2v) is 10.2. The van der Waals surface area contributed by atoms with Crippen molar-refractivity contribution in [3.05, 3.63) is 0 Å². The van der Waals surface area contributed by atoms with Gasteiger partial charge in [-0.1, -0.05) is 0 Å². The normalized spacial score (nSPS) is 22.4. The second kappa shape index (κ2) is 8.95. The molecule has 1 spiro atoms. The maximum atomic E-state index is 12.4. The lowest BCUT2D eigenvalue weighted by Crippen LogP contribution is -2.48. The molecule has 7 heteroatoms. The molecular weight excluding hydrogens is 380 g/mol. The van der Waals surface area contributed by atoms with E-state index < -0.39 is 5.60 Å². The SMILES string of the molecule is C#CCCC1(CCC(=O)NC2CCC3(CC2)CCN(C(=O)OC(C)(C)C)CC3)N=N1. The first kappa shape index (κ1) is 22.6. The van der Waals surface area contributed by atoms with Crippen LogP contribution in [-0.4, -0.2) is 47.3 Å². The molecule has 3 rings (SSSR count). The molecule has 166 valence electrons. The first-order valence-electron chi connectivity index (χ1n) is 11.3. The fourth-order valence-corrected chi connectivity index (χ4v) is 4.65. The van der Waals surface area contributed by atoms with Crippen molar-refractivity contribution in [2.45, 2.75) is 102 Å². The Kier molecular flexibility index (Phi) is 6.74. The summed E-state index contributed by atoms with van der Waals surface area (Å²) in [7, 11) is 0. The highest BCUT2D eigenvalue weighted by atomic mass is 16.6. The van der Waals surface area contributed by atoms with Gasteiger partial charge in [-0.2, -0.15) is 10.2 Å². The summed E-state index contributed by atoms with van der Waals surface area (Å²) in [5.74, 6) is 2.71. The number of rotatable bonds is 6. The van der Waals surface area contributed by atoms with E-state index in [0.29, 0.717) is 24.7 Å². The molecule has 0 bridgehead atoms. The number of amides is 2. The minimum atomic E-state index is -0.453. The number of carbonyl (C=O) groups is 2. The van der Waals surface area contributed by atoms with E-state index in [4.69, 9.17) is 11.2 Å². The average Bonchev–Trinajstić information content (AvgIpc) is 3.46. The molecule has 0 unspecified atom stereocenters. The number of likely N-dealkylation sites (tertiary alicyclic amines) is 1. The lowest BCUT2D eigenvalue weighted by Gasteiger charge is -2.46. The maximum Gasteiger partial charge on any atom is 0.410 e. The third-order valence-corrected chi connectivity index (χ3v) is 6.69. The summed E-state index contributed by atoms with van der Waals surface area (Å²) >= 11 is 0. The standard InChI is InChI=1S/C23H36N4O3/c1-5-6-10-23(25-26-23)13-9-19(28)24-18-7-11-22(12-8-18)14-16-27(17-15-22)20(29)30-21(2,3)4/h1,18H,6-17H2,2-4H3,(H,24,28). The highest BCUT2D eigenvalue weighted by molar-refractivity contribution is 5.76. The van der Waals surface area contributed by atoms with E-state index >= 15 is 0 Å². The van der Waals surface area contributed by atoms with Crippen molar-refractivity contribution in [1.82, 2.24) is 10.2 Å². The van der Waals surface area contributed by atoms with Gasteiger partial charge in [0.2, 0.25) is 5.91 Å². The Hall–Kier alpha value is -2.10. The van der Waals surface area contributed by atoms with Crippen molar-refractivity contribution in [1.29, 1.82) is 0 Å². The van der Waals surface area contributed by atoms with Crippen LogP contribution in [0.25, 0.3) is 0 Å². The number of hydrogen-bond acceptors (Lipinski definition) is 5. The highest BCUT2D eigenvalue weighted by Crippen LogP contribution is 2.45. The third-order valence-electron chi connectivity index (χ3n) is 6.69. The van der Waals surface area contributed by atoms with Crippen LogP contribution >= 0.6 is 0 Å². The second-order valence-electron chi connectivity index (χ2n) is 10.2. The molecule has 2 fully saturated rings. The van der Waals surface area contributed by atoms with Crippen LogP contribution in [0.5, 0.6) is 0 Å². The van der Waals surface area contributed by atoms with Crippen LogP contribution in [0.15, 0.2) is 10.2 Å². The molecule has 2 amide bonds. The van der Waals surface area contributed by atoms with Gasteiger partial charge in [0, 0.05) is 44.8 Å². The van der Waals surface area contributed by atoms with Crippen molar-refractivity contribution in [3.63, 3.8) is 0 Å². The Balaban J connectivity index is 1.35. The monoisotopic (exact) mass is 416 g/mol. The quantitative estimate of drug-likeness (QED) is 0.651. The predicted octanol–water partition coefficient (Wildman–Crippen LogP) is 4.42. The Bertz CT molecular complexity index is 695. The van der Waals surface area contributed by atoms with E-state index in [1.807, 2.05) is 25.7 Å². The minimum Gasteiger partial charge on any atom is -0.444 e. The van der Waals surface area contributed by atoms with Crippen molar-refractivity contribution in [2.75, 3.05) is 13.1 Å². The van der Waals surface area contributed by atoms with Gasteiger partial charge in [-0.05, 0) is 64.7 Å². The molecule has 0 atom stereocenters. The van der Waals surface area contributed by atoms with Crippen LogP contribution < -0.4 is 5.32 Å². The Morgan fingerprint density at radius 3 is 2.30 bits per heavy atom. The first-order valence-corrected chi connectivity index (χ1v) is 11.3. The zero-order valence-corrected chi connectivity index (χ0v) is 18.7. The maximum absolute atomic E-state index is 12.4. The molecule has 2 heterocycles. The fraction of sp³-hybridized carbons (Fsp3) is 0.826. The third kappa shape index (κ3) is 6.20. The number of ether oxygens (including phenoxy) is 1. The fourth-order valence-electron chi connectivity index (χ4n) is 4.65. The number of terminal acetylenes is 1. The summed E-state index contributed by atoms with van der Waals surface area (Å²) in [5, 5.41) is 11.4. The van der Waals surface area contributed by atoms with E-state index in [-0.39, 0.29) is 23.7 Å². The van der Waals surface area contributed by atoms with Gasteiger partial charge >= 0.3 is 6.09 Å². The summed E-state index contributed by atoms with van der Waals surface area (Å²) < 4.78 is 5.50. The lowest BCUT2D eigenvalue weighted by molar-refractivity contribution is -0.122. The lowest BCUT2D eigenvalue weighted by atomic mass is 9.67. The summed E-state index contributed by atoms with van der Waals surface area (Å²) in [6.45, 7) is 7.23. The van der Waals surface area contributed by atoms with Crippen LogP contribution in [-0.2, 0) is 9.53 Å². The van der Waals surface area contributed by atoms with Gasteiger partial charge in [-0.25, -0.2) is 4.79 Å². The molecule has 7 nitrogen and oxygen atoms in total. The van der Waals surface area contributed by atoms with Crippen LogP contribution in [0.3, 0.4) is 0 Å². The average molecular weight is 417 g/mol. The summed E-state index contributed by atoms with van der Waals surface area (Å²) in [6, 6.07) is 0.252. The van der Waals surface area contributed by atoms with Crippen molar-refractivity contribution in [3.8, 4) is 12.3 Å². The van der Waals surface area contributed by atoms with Crippen LogP contribution in [0.2, 0.25) is 0 Å². The molecule has 0 radical (unpaired) electrons. The zero-order chi connectivity index (χ0) is 21.8. The number of nitrogens with zero attached hydrogens (tertiary/aromatic N) is 3. The van der Waals surface area contributed by atoms with Gasteiger partial charge in [-0.15, -0.1) is 12.3 Å². The largest absolute Gasteiger partial charge is 0.444 e. The van der Waals surface area contributed by atoms with Crippen molar-refractivity contribution in [2.24, 2.45) is 15.6 Å². The van der Waals surface area contributed by atoms with Crippen LogP contribution in [0.4, 0.5) is 4.79 Å². The Morgan fingerprint density at radius 1 is 1.13 bits per heavy atom. The van der Waals surface area contributed by atoms with Gasteiger partial charge in [0.25, 0.3) is 0 Å². The van der Waals surface area contributed by atoms with E-state index in [1.54, 1.807) is 0 Å². The van der Waals surface area contributed by atoms with E-state index in [1.165, 1.54) is 0 Å². The molecule has 0 aromatic rings. The molecule has 1 saturated heterocycles. The molecule has 3 aliphatic rings. The minimum absolute atomic E-state index is 0.0908. The number of carbonyl (C=O) groups excluding carboxylic acids is 2. The smallest absolute Gasteiger partial charge is 0.410 e. The van der Waals surface area contributed by atoms with Crippen LogP contribution in [0.1, 0.15) is 85.0 Å². The Morgan fingerprint density at radius 2 is 1.77 bits per heavy atom. The van der Waals surface area contributed by atoms with Gasteiger partial charge in [0.1, 0.15) is 5.60 Å². The molecular formula is C23H36N4O3. The Labute approximate surface area is 180 Å². The number of nitrogens with one attached hydrogen (secondary N) is 1. The van der Waals surface area contributed by atoms with E-state index in [2.05, 4.69) is 21.5 Å². The van der Waals surface area contributed by atoms with E-state index in [0.717, 1.165) is 58.0 Å². The molecule has 1 aliphatic carbocycles. The summed E-state index contributed by atoms with van der Waals surface area (Å²) in [6.07, 6.45) is 13.9. The van der Waals surface area contributed by atoms with E-state index in [9.17, 15) is 9.59 Å². The number of hydrogen-bond donors (Lipinski definition) is 1. The predicted molar refractivity (Wildman–Crippen MR) is 115 cm³/mol. The summed E-state index contributed by atoms with van der Waals surface area (Å²) in [5.41, 5.74) is -0.529. The molecule has 2 aliphatic heterocycles. The first-order chi connectivity index (χ1) is 14.1. The van der Waals surface area contributed by atoms with Crippen LogP contribution in [0, 0.1) is 17.8 Å². The molecule has 1 saturated carbocycles. The molecule has 0 aromatic carbocycles.